The van der Waals surface area contributed by atoms with Crippen molar-refractivity contribution in [1.82, 2.24) is 9.80 Å². The van der Waals surface area contributed by atoms with Gasteiger partial charge in [-0.05, 0) is 110 Å². The Kier molecular flexibility index (Phi) is 29.6. The molecule has 1 radical (unpaired) electrons. The smallest absolute Gasteiger partial charge is 0.124 e. The summed E-state index contributed by atoms with van der Waals surface area (Å²) in [6, 6.07) is 10.7. The van der Waals surface area contributed by atoms with E-state index in [4.69, 9.17) is 0 Å². The molecular weight excluding hydrogens is 1020 g/mol. The Morgan fingerprint density at radius 3 is 0.770 bits per heavy atom. The first-order valence-corrected chi connectivity index (χ1v) is 27.1. The largest absolute Gasteiger partial charge is 0.507 e. The van der Waals surface area contributed by atoms with E-state index in [0.717, 1.165) is 0 Å². The van der Waals surface area contributed by atoms with Crippen molar-refractivity contribution in [2.75, 3.05) is 27.2 Å². The van der Waals surface area contributed by atoms with Crippen molar-refractivity contribution >= 4 is 0 Å². The first-order valence-electron chi connectivity index (χ1n) is 27.1. The zero-order valence-corrected chi connectivity index (χ0v) is 51.5. The molecular formula is C62H98F4N3O4Y+. The maximum atomic E-state index is 14.1. The predicted octanol–water partition coefficient (Wildman–Crippen LogP) is 15.5. The van der Waals surface area contributed by atoms with Crippen molar-refractivity contribution < 1.29 is 76.0 Å². The Bertz CT molecular complexity index is 1990. The number of benzene rings is 4. The van der Waals surface area contributed by atoms with Crippen LogP contribution in [0.1, 0.15) is 218 Å². The van der Waals surface area contributed by atoms with Gasteiger partial charge < -0.3 is 25.7 Å². The van der Waals surface area contributed by atoms with Gasteiger partial charge in [0.15, 0.2) is 0 Å². The van der Waals surface area contributed by atoms with Crippen LogP contribution in [0.3, 0.4) is 0 Å². The minimum Gasteiger partial charge on any atom is -0.507 e. The number of phenolic OH excluding ortho intramolecular Hbond substituents is 4. The number of rotatable bonds is 22. The fraction of sp³-hybridized carbons (Fsp3) is 0.613. The van der Waals surface area contributed by atoms with Gasteiger partial charge in [0, 0.05) is 103 Å². The monoisotopic (exact) mass is 1110 g/mol. The number of nitrogens with two attached hydrogens (primary N) is 1. The summed E-state index contributed by atoms with van der Waals surface area (Å²) in [5.41, 5.74) is 2.39. The van der Waals surface area contributed by atoms with E-state index in [1.54, 1.807) is 14.1 Å². The molecule has 12 heteroatoms. The van der Waals surface area contributed by atoms with Gasteiger partial charge in [0.25, 0.3) is 0 Å². The van der Waals surface area contributed by atoms with E-state index in [9.17, 15) is 38.0 Å². The second-order valence-electron chi connectivity index (χ2n) is 24.6. The van der Waals surface area contributed by atoms with Crippen molar-refractivity contribution in [3.63, 3.8) is 0 Å². The van der Waals surface area contributed by atoms with Crippen LogP contribution in [0.5, 0.6) is 23.0 Å². The summed E-state index contributed by atoms with van der Waals surface area (Å²) in [5.74, 6) is -1.35. The van der Waals surface area contributed by atoms with Crippen LogP contribution in [0.2, 0.25) is 0 Å². The fourth-order valence-electron chi connectivity index (χ4n) is 8.95. The summed E-state index contributed by atoms with van der Waals surface area (Å²) < 4.78 is 56.4. The Hall–Kier alpha value is -3.22. The predicted molar refractivity (Wildman–Crippen MR) is 296 cm³/mol. The second-order valence-corrected chi connectivity index (χ2v) is 24.6. The number of aromatic hydroxyl groups is 4. The maximum Gasteiger partial charge on any atom is 0.124 e. The molecule has 4 rings (SSSR count). The molecule has 0 aliphatic rings. The Morgan fingerprint density at radius 2 is 0.568 bits per heavy atom. The number of quaternary nitrogens is 1. The molecule has 0 saturated carbocycles. The molecule has 0 bridgehead atoms. The fourth-order valence-corrected chi connectivity index (χ4v) is 8.95. The number of unbranched alkanes of at least 4 members (excludes halogenated alkanes) is 10. The van der Waals surface area contributed by atoms with Crippen molar-refractivity contribution in [2.45, 2.75) is 222 Å². The molecule has 0 fully saturated rings. The third kappa shape index (κ3) is 24.0. The number of phenols is 4. The molecule has 415 valence electrons. The molecule has 0 saturated heterocycles. The average Bonchev–Trinajstić information content (AvgIpc) is 3.26. The summed E-state index contributed by atoms with van der Waals surface area (Å²) in [5, 5.41) is 45.0. The molecule has 0 spiro atoms. The van der Waals surface area contributed by atoms with Gasteiger partial charge in [0.1, 0.15) is 46.3 Å². The van der Waals surface area contributed by atoms with Gasteiger partial charge in [-0.15, -0.1) is 0 Å². The first-order chi connectivity index (χ1) is 33.8. The third-order valence-corrected chi connectivity index (χ3v) is 13.1. The van der Waals surface area contributed by atoms with Gasteiger partial charge in [-0.2, -0.15) is 0 Å². The maximum absolute atomic E-state index is 14.1. The number of halogens is 4. The molecule has 74 heavy (non-hydrogen) atoms. The van der Waals surface area contributed by atoms with Gasteiger partial charge in [0.05, 0.1) is 13.1 Å². The topological polar surface area (TPSA) is 104 Å². The molecule has 7 nitrogen and oxygen atoms in total. The average molecular weight is 1110 g/mol. The third-order valence-electron chi connectivity index (χ3n) is 13.1. The number of hydrogen-bond acceptors (Lipinski definition) is 6. The van der Waals surface area contributed by atoms with Crippen LogP contribution in [0.25, 0.3) is 0 Å². The summed E-state index contributed by atoms with van der Waals surface area (Å²) in [6.45, 7) is 31.3. The molecule has 0 heterocycles. The standard InChI is InChI=1S/2C23H31F2NO2.C16H35N.Y/c2*1-22(2,3)18-10-16(24)8-14(20(18)27)12-26(7)13-15-9-17(25)11-19(21(15)28)23(4,5)6;1-3-5-7-9-11-13-15-17-16-14-12-10-8-6-4-2;/h2*8-11,27-28H,12-13H2,1-7H3;17H,3-16H2,1-2H3;/p+1. The van der Waals surface area contributed by atoms with Crippen LogP contribution in [0.4, 0.5) is 17.6 Å². The summed E-state index contributed by atoms with van der Waals surface area (Å²) in [4.78, 5) is 3.61. The molecule has 0 amide bonds. The Morgan fingerprint density at radius 1 is 0.365 bits per heavy atom. The van der Waals surface area contributed by atoms with Crippen LogP contribution in [-0.4, -0.2) is 57.4 Å². The molecule has 6 N–H and O–H groups in total. The van der Waals surface area contributed by atoms with Gasteiger partial charge >= 0.3 is 0 Å². The minimum atomic E-state index is -0.408. The summed E-state index contributed by atoms with van der Waals surface area (Å²) in [7, 11) is 3.56. The van der Waals surface area contributed by atoms with Crippen LogP contribution in [0.15, 0.2) is 48.5 Å². The quantitative estimate of drug-likeness (QED) is 0.0397. The van der Waals surface area contributed by atoms with Crippen molar-refractivity contribution in [2.24, 2.45) is 0 Å². The molecule has 0 atom stereocenters. The van der Waals surface area contributed by atoms with E-state index in [0.29, 0.717) is 44.5 Å². The van der Waals surface area contributed by atoms with Crippen molar-refractivity contribution in [3.05, 3.63) is 116 Å². The van der Waals surface area contributed by atoms with Crippen molar-refractivity contribution in [1.29, 1.82) is 0 Å². The molecule has 0 aliphatic heterocycles. The van der Waals surface area contributed by atoms with Gasteiger partial charge in [-0.25, -0.2) is 17.6 Å². The molecule has 4 aromatic rings. The van der Waals surface area contributed by atoms with E-state index in [-0.39, 0.29) is 81.9 Å². The summed E-state index contributed by atoms with van der Waals surface area (Å²) >= 11 is 0. The van der Waals surface area contributed by atoms with Gasteiger partial charge in [0.2, 0.25) is 0 Å². The SMILES string of the molecule is CCCCCCCC[NH2+]CCCCCCCC.CN(Cc1cc(F)cc(C(C)(C)C)c1O)Cc1cc(F)cc(C(C)(C)C)c1O.CN(Cc1cc(F)cc(C(C)(C)C)c1O)Cc1cc(F)cc(C(C)(C)C)c1O.[Y]. The van der Waals surface area contributed by atoms with Gasteiger partial charge in [-0.3, -0.25) is 9.80 Å². The molecule has 0 aliphatic carbocycles. The zero-order chi connectivity index (χ0) is 55.5. The van der Waals surface area contributed by atoms with Crippen molar-refractivity contribution in [3.8, 4) is 23.0 Å². The minimum absolute atomic E-state index is 0. The van der Waals surface area contributed by atoms with E-state index in [1.165, 1.54) is 139 Å². The van der Waals surface area contributed by atoms with Crippen LogP contribution in [0, 0.1) is 23.3 Å². The van der Waals surface area contributed by atoms with E-state index in [2.05, 4.69) is 19.2 Å². The normalized spacial score (nSPS) is 12.1. The molecule has 4 aromatic carbocycles. The van der Waals surface area contributed by atoms with E-state index in [1.807, 2.05) is 92.9 Å². The van der Waals surface area contributed by atoms with Crippen LogP contribution >= 0.6 is 0 Å². The van der Waals surface area contributed by atoms with E-state index >= 15 is 0 Å². The van der Waals surface area contributed by atoms with Crippen LogP contribution in [-0.2, 0) is 80.5 Å². The summed E-state index contributed by atoms with van der Waals surface area (Å²) in [6.07, 6.45) is 17.2. The second kappa shape index (κ2) is 31.9. The molecule has 0 aromatic heterocycles. The Balaban J connectivity index is 0.000000570. The number of nitrogens with zero attached hydrogens (tertiary/aromatic N) is 2. The first kappa shape index (κ1) is 68.8. The molecule has 0 unspecified atom stereocenters. The zero-order valence-electron chi connectivity index (χ0n) is 48.7. The Labute approximate surface area is 471 Å². The van der Waals surface area contributed by atoms with Crippen LogP contribution < -0.4 is 5.32 Å². The van der Waals surface area contributed by atoms with E-state index < -0.39 is 44.9 Å². The van der Waals surface area contributed by atoms with Gasteiger partial charge in [-0.1, -0.05) is 148 Å². The number of hydrogen-bond donors (Lipinski definition) is 5.